The molecule has 1 unspecified atom stereocenters. The van der Waals surface area contributed by atoms with Gasteiger partial charge in [-0.1, -0.05) is 12.1 Å². The molecule has 0 fully saturated rings. The fourth-order valence-electron chi connectivity index (χ4n) is 4.82. The van der Waals surface area contributed by atoms with Crippen LogP contribution in [0.25, 0.3) is 0 Å². The quantitative estimate of drug-likeness (QED) is 0.283. The third-order valence-corrected chi connectivity index (χ3v) is 6.86. The van der Waals surface area contributed by atoms with E-state index in [0.29, 0.717) is 18.8 Å². The lowest BCUT2D eigenvalue weighted by atomic mass is 10.1. The van der Waals surface area contributed by atoms with Gasteiger partial charge in [0.25, 0.3) is 0 Å². The Bertz CT molecular complexity index is 1150. The monoisotopic (exact) mass is 505 g/mol. The highest BCUT2D eigenvalue weighted by atomic mass is 16.4. The number of carboxylic acids is 1. The number of aromatic nitrogens is 4. The maximum atomic E-state index is 11.9. The number of aliphatic carboxylic acids is 1. The van der Waals surface area contributed by atoms with Crippen LogP contribution in [0, 0.1) is 13.8 Å². The summed E-state index contributed by atoms with van der Waals surface area (Å²) in [6.45, 7) is 8.26. The van der Waals surface area contributed by atoms with Gasteiger partial charge in [-0.15, -0.1) is 0 Å². The number of unbranched alkanes of at least 4 members (excludes halogenated alkanes) is 1. The molecule has 1 atom stereocenters. The smallest absolute Gasteiger partial charge is 0.326 e. The van der Waals surface area contributed by atoms with Crippen LogP contribution in [0.1, 0.15) is 48.3 Å². The topological polar surface area (TPSA) is 108 Å². The highest BCUT2D eigenvalue weighted by molar-refractivity contribution is 5.76. The molecule has 3 aromatic heterocycles. The third-order valence-electron chi connectivity index (χ3n) is 6.86. The molecule has 0 radical (unpaired) electrons. The Balaban J connectivity index is 1.32. The van der Waals surface area contributed by atoms with Crippen molar-refractivity contribution in [3.8, 4) is 0 Å². The molecule has 0 amide bonds. The van der Waals surface area contributed by atoms with Crippen molar-refractivity contribution in [3.63, 3.8) is 0 Å². The van der Waals surface area contributed by atoms with Crippen LogP contribution in [-0.2, 0) is 24.2 Å². The average Bonchev–Trinajstić information content (AvgIpc) is 3.23. The van der Waals surface area contributed by atoms with E-state index >= 15 is 0 Å². The summed E-state index contributed by atoms with van der Waals surface area (Å²) >= 11 is 0. The Morgan fingerprint density at radius 3 is 2.84 bits per heavy atom. The number of hydrogen-bond donors (Lipinski definition) is 3. The van der Waals surface area contributed by atoms with Crippen molar-refractivity contribution in [2.45, 2.75) is 65.0 Å². The first-order valence-electron chi connectivity index (χ1n) is 13.3. The van der Waals surface area contributed by atoms with Crippen LogP contribution in [0.15, 0.2) is 42.6 Å². The number of fused-ring (bicyclic) bond motifs is 1. The van der Waals surface area contributed by atoms with Gasteiger partial charge in [0.2, 0.25) is 0 Å². The number of hydrogen-bond acceptors (Lipinski definition) is 7. The molecule has 3 N–H and O–H groups in total. The SMILES string of the molecule is Cc1cc(C)n(CCN(CCCCc2ccc3c(n2)NCCC3)CCC(Nc2ccccn2)C(=O)O)n1. The summed E-state index contributed by atoms with van der Waals surface area (Å²) in [5, 5.41) is 20.9. The van der Waals surface area contributed by atoms with Crippen LogP contribution < -0.4 is 10.6 Å². The van der Waals surface area contributed by atoms with Gasteiger partial charge in [-0.05, 0) is 88.7 Å². The molecule has 0 aliphatic carbocycles. The van der Waals surface area contributed by atoms with Crippen LogP contribution in [0.5, 0.6) is 0 Å². The number of rotatable bonds is 14. The van der Waals surface area contributed by atoms with Crippen molar-refractivity contribution in [2.75, 3.05) is 36.8 Å². The van der Waals surface area contributed by atoms with E-state index in [1.807, 2.05) is 23.7 Å². The van der Waals surface area contributed by atoms with Crippen LogP contribution in [0.4, 0.5) is 11.6 Å². The Morgan fingerprint density at radius 2 is 2.08 bits per heavy atom. The van der Waals surface area contributed by atoms with Gasteiger partial charge in [0.15, 0.2) is 0 Å². The van der Waals surface area contributed by atoms with E-state index in [0.717, 1.165) is 74.8 Å². The van der Waals surface area contributed by atoms with Gasteiger partial charge in [0.1, 0.15) is 17.7 Å². The molecule has 1 aliphatic rings. The molecule has 0 saturated carbocycles. The molecule has 3 aromatic rings. The summed E-state index contributed by atoms with van der Waals surface area (Å²) in [4.78, 5) is 23.3. The zero-order valence-electron chi connectivity index (χ0n) is 22.0. The predicted octanol–water partition coefficient (Wildman–Crippen LogP) is 3.93. The van der Waals surface area contributed by atoms with Crippen LogP contribution >= 0.6 is 0 Å². The van der Waals surface area contributed by atoms with Gasteiger partial charge in [0.05, 0.1) is 12.2 Å². The van der Waals surface area contributed by atoms with Crippen molar-refractivity contribution in [1.29, 1.82) is 0 Å². The summed E-state index contributed by atoms with van der Waals surface area (Å²) < 4.78 is 2.03. The van der Waals surface area contributed by atoms with Crippen molar-refractivity contribution < 1.29 is 9.90 Å². The number of carbonyl (C=O) groups is 1. The average molecular weight is 506 g/mol. The molecular weight excluding hydrogens is 466 g/mol. The number of pyridine rings is 2. The van der Waals surface area contributed by atoms with Crippen molar-refractivity contribution >= 4 is 17.6 Å². The standard InChI is InChI=1S/C28H39N7O2/c1-21-20-22(2)35(33-21)19-18-34(17-13-25(28(36)37)32-26-10-3-5-14-29-26)16-6-4-9-24-12-11-23-8-7-15-30-27(23)31-24/h3,5,10-12,14,20,25H,4,6-9,13,15-19H2,1-2H3,(H,29,32)(H,30,31)(H,36,37). The van der Waals surface area contributed by atoms with Crippen LogP contribution in [-0.4, -0.2) is 67.9 Å². The Labute approximate surface area is 219 Å². The molecule has 1 aliphatic heterocycles. The maximum absolute atomic E-state index is 11.9. The summed E-state index contributed by atoms with van der Waals surface area (Å²) in [7, 11) is 0. The molecule has 9 nitrogen and oxygen atoms in total. The first kappa shape index (κ1) is 26.6. The van der Waals surface area contributed by atoms with Gasteiger partial charge in [0, 0.05) is 37.2 Å². The number of carboxylic acid groups (broad SMARTS) is 1. The first-order valence-corrected chi connectivity index (χ1v) is 13.3. The molecule has 198 valence electrons. The number of nitrogens with zero attached hydrogens (tertiary/aromatic N) is 5. The van der Waals surface area contributed by atoms with E-state index in [1.165, 1.54) is 12.0 Å². The second kappa shape index (κ2) is 13.2. The maximum Gasteiger partial charge on any atom is 0.326 e. The molecule has 37 heavy (non-hydrogen) atoms. The molecule has 0 bridgehead atoms. The van der Waals surface area contributed by atoms with Gasteiger partial charge in [-0.2, -0.15) is 5.10 Å². The van der Waals surface area contributed by atoms with E-state index in [9.17, 15) is 9.90 Å². The molecule has 0 aromatic carbocycles. The zero-order valence-corrected chi connectivity index (χ0v) is 22.0. The minimum Gasteiger partial charge on any atom is -0.480 e. The van der Waals surface area contributed by atoms with E-state index in [1.54, 1.807) is 12.3 Å². The second-order valence-electron chi connectivity index (χ2n) is 9.83. The molecular formula is C28H39N7O2. The van der Waals surface area contributed by atoms with E-state index in [-0.39, 0.29) is 0 Å². The number of aryl methyl sites for hydroxylation is 4. The van der Waals surface area contributed by atoms with E-state index in [4.69, 9.17) is 4.98 Å². The van der Waals surface area contributed by atoms with Crippen LogP contribution in [0.3, 0.4) is 0 Å². The highest BCUT2D eigenvalue weighted by Gasteiger charge is 2.19. The predicted molar refractivity (Wildman–Crippen MR) is 146 cm³/mol. The molecule has 0 saturated heterocycles. The normalized spacial score (nSPS) is 13.7. The fraction of sp³-hybridized carbons (Fsp3) is 0.500. The van der Waals surface area contributed by atoms with Gasteiger partial charge >= 0.3 is 5.97 Å². The minimum absolute atomic E-state index is 0.487. The van der Waals surface area contributed by atoms with Gasteiger partial charge in [-0.25, -0.2) is 14.8 Å². The van der Waals surface area contributed by atoms with E-state index in [2.05, 4.69) is 50.7 Å². The molecule has 0 spiro atoms. The Kier molecular flexibility index (Phi) is 9.48. The molecule has 4 heterocycles. The summed E-state index contributed by atoms with van der Waals surface area (Å²) in [5.41, 5.74) is 4.61. The lowest BCUT2D eigenvalue weighted by Gasteiger charge is -2.25. The second-order valence-corrected chi connectivity index (χ2v) is 9.83. The lowest BCUT2D eigenvalue weighted by Crippen LogP contribution is -2.37. The van der Waals surface area contributed by atoms with Crippen molar-refractivity contribution in [1.82, 2.24) is 24.6 Å². The fourth-order valence-corrected chi connectivity index (χ4v) is 4.82. The lowest BCUT2D eigenvalue weighted by molar-refractivity contribution is -0.138. The zero-order chi connectivity index (χ0) is 26.0. The highest BCUT2D eigenvalue weighted by Crippen LogP contribution is 2.20. The number of nitrogens with one attached hydrogen (secondary N) is 2. The number of anilines is 2. The Morgan fingerprint density at radius 1 is 1.19 bits per heavy atom. The van der Waals surface area contributed by atoms with Crippen molar-refractivity contribution in [3.05, 3.63) is 65.2 Å². The van der Waals surface area contributed by atoms with Gasteiger partial charge in [-0.3, -0.25) is 4.68 Å². The summed E-state index contributed by atoms with van der Waals surface area (Å²) in [6.07, 6.45) is 7.43. The summed E-state index contributed by atoms with van der Waals surface area (Å²) in [6, 6.07) is 11.2. The molecule has 9 heteroatoms. The minimum atomic E-state index is -0.865. The third kappa shape index (κ3) is 8.01. The van der Waals surface area contributed by atoms with E-state index < -0.39 is 12.0 Å². The Hall–Kier alpha value is -3.46. The largest absolute Gasteiger partial charge is 0.480 e. The molecule has 4 rings (SSSR count). The first-order chi connectivity index (χ1) is 18.0. The van der Waals surface area contributed by atoms with Crippen molar-refractivity contribution in [2.24, 2.45) is 0 Å². The van der Waals surface area contributed by atoms with Gasteiger partial charge < -0.3 is 20.6 Å². The summed E-state index contributed by atoms with van der Waals surface area (Å²) in [5.74, 6) is 0.766. The van der Waals surface area contributed by atoms with Crippen LogP contribution in [0.2, 0.25) is 0 Å².